The summed E-state index contributed by atoms with van der Waals surface area (Å²) in [7, 11) is 0. The van der Waals surface area contributed by atoms with Gasteiger partial charge in [0, 0.05) is 30.5 Å². The van der Waals surface area contributed by atoms with E-state index in [-0.39, 0.29) is 42.3 Å². The number of hydrogen-bond donors (Lipinski definition) is 3. The van der Waals surface area contributed by atoms with Crippen LogP contribution in [0.3, 0.4) is 0 Å². The fraction of sp³-hybridized carbons (Fsp3) is 0.500. The molecule has 0 radical (unpaired) electrons. The SMILES string of the molecule is C=C(C#N)C(=O)NCC(NC(=O)[C@H](Cc1nc2ccc(Cl)cc2s1)NC(=O)CCC)C1CCCCC1. The lowest BCUT2D eigenvalue weighted by molar-refractivity contribution is -0.129. The fourth-order valence-corrected chi connectivity index (χ4v) is 5.72. The van der Waals surface area contributed by atoms with Crippen LogP contribution >= 0.6 is 22.9 Å². The number of hydrogen-bond acceptors (Lipinski definition) is 6. The van der Waals surface area contributed by atoms with Crippen LogP contribution in [0.1, 0.15) is 56.9 Å². The van der Waals surface area contributed by atoms with Gasteiger partial charge in [-0.15, -0.1) is 11.3 Å². The maximum Gasteiger partial charge on any atom is 0.261 e. The lowest BCUT2D eigenvalue weighted by Crippen LogP contribution is -2.55. The molecule has 8 nitrogen and oxygen atoms in total. The highest BCUT2D eigenvalue weighted by Gasteiger charge is 2.30. The molecule has 2 aromatic rings. The van der Waals surface area contributed by atoms with Crippen LogP contribution in [0, 0.1) is 17.2 Å². The molecule has 3 amide bonds. The second kappa shape index (κ2) is 13.4. The van der Waals surface area contributed by atoms with Crippen molar-refractivity contribution in [3.8, 4) is 6.07 Å². The molecular formula is C26H32ClN5O3S. The maximum atomic E-state index is 13.5. The smallest absolute Gasteiger partial charge is 0.261 e. The normalized spacial score (nSPS) is 15.5. The van der Waals surface area contributed by atoms with Crippen molar-refractivity contribution in [2.75, 3.05) is 6.54 Å². The highest BCUT2D eigenvalue weighted by Crippen LogP contribution is 2.28. The number of nitriles is 1. The van der Waals surface area contributed by atoms with E-state index in [0.29, 0.717) is 17.9 Å². The first-order valence-electron chi connectivity index (χ1n) is 12.3. The van der Waals surface area contributed by atoms with Gasteiger partial charge in [0.25, 0.3) is 5.91 Å². The Hall–Kier alpha value is -2.96. The van der Waals surface area contributed by atoms with Crippen molar-refractivity contribution < 1.29 is 14.4 Å². The second-order valence-electron chi connectivity index (χ2n) is 9.11. The number of aromatic nitrogens is 1. The van der Waals surface area contributed by atoms with Crippen molar-refractivity contribution in [1.82, 2.24) is 20.9 Å². The molecule has 0 spiro atoms. The number of carbonyl (C=O) groups excluding carboxylic acids is 3. The van der Waals surface area contributed by atoms with Crippen molar-refractivity contribution >= 4 is 50.9 Å². The van der Waals surface area contributed by atoms with Crippen molar-refractivity contribution in [2.24, 2.45) is 5.92 Å². The van der Waals surface area contributed by atoms with Gasteiger partial charge in [-0.1, -0.05) is 44.4 Å². The summed E-state index contributed by atoms with van der Waals surface area (Å²) in [5, 5.41) is 18.9. The van der Waals surface area contributed by atoms with E-state index in [9.17, 15) is 14.4 Å². The van der Waals surface area contributed by atoms with Crippen molar-refractivity contribution in [1.29, 1.82) is 5.26 Å². The Bertz CT molecular complexity index is 1150. The summed E-state index contributed by atoms with van der Waals surface area (Å²) < 4.78 is 0.914. The number of fused-ring (bicyclic) bond motifs is 1. The molecule has 1 saturated carbocycles. The minimum absolute atomic E-state index is 0.177. The van der Waals surface area contributed by atoms with E-state index in [2.05, 4.69) is 27.5 Å². The molecule has 36 heavy (non-hydrogen) atoms. The van der Waals surface area contributed by atoms with Crippen molar-refractivity contribution in [3.63, 3.8) is 0 Å². The Morgan fingerprint density at radius 1 is 1.25 bits per heavy atom. The molecule has 3 N–H and O–H groups in total. The fourth-order valence-electron chi connectivity index (χ4n) is 4.43. The third-order valence-electron chi connectivity index (χ3n) is 6.34. The molecule has 0 saturated heterocycles. The van der Waals surface area contributed by atoms with Crippen LogP contribution in [0.25, 0.3) is 10.2 Å². The van der Waals surface area contributed by atoms with E-state index >= 15 is 0 Å². The van der Waals surface area contributed by atoms with Gasteiger partial charge < -0.3 is 16.0 Å². The lowest BCUT2D eigenvalue weighted by atomic mass is 9.83. The minimum atomic E-state index is -0.809. The summed E-state index contributed by atoms with van der Waals surface area (Å²) >= 11 is 7.54. The molecule has 0 bridgehead atoms. The number of halogens is 1. The van der Waals surface area contributed by atoms with Gasteiger partial charge in [-0.25, -0.2) is 4.98 Å². The molecule has 2 atom stereocenters. The average molecular weight is 530 g/mol. The van der Waals surface area contributed by atoms with E-state index in [0.717, 1.165) is 47.3 Å². The first-order valence-corrected chi connectivity index (χ1v) is 13.5. The molecule has 192 valence electrons. The minimum Gasteiger partial charge on any atom is -0.350 e. The predicted octanol–water partition coefficient (Wildman–Crippen LogP) is 4.04. The van der Waals surface area contributed by atoms with Gasteiger partial charge in [0.15, 0.2) is 0 Å². The molecule has 1 aromatic carbocycles. The van der Waals surface area contributed by atoms with Crippen LogP contribution < -0.4 is 16.0 Å². The Labute approximate surface area is 220 Å². The Morgan fingerprint density at radius 2 is 2.00 bits per heavy atom. The molecule has 0 aliphatic heterocycles. The number of nitrogens with zero attached hydrogens (tertiary/aromatic N) is 2. The van der Waals surface area contributed by atoms with E-state index < -0.39 is 11.9 Å². The van der Waals surface area contributed by atoms with Crippen molar-refractivity contribution in [2.45, 2.75) is 70.4 Å². The largest absolute Gasteiger partial charge is 0.350 e. The summed E-state index contributed by atoms with van der Waals surface area (Å²) in [4.78, 5) is 42.7. The van der Waals surface area contributed by atoms with Gasteiger partial charge in [-0.2, -0.15) is 5.26 Å². The molecule has 1 fully saturated rings. The molecule has 1 aromatic heterocycles. The van der Waals surface area contributed by atoms with Crippen LogP contribution in [0.15, 0.2) is 30.4 Å². The lowest BCUT2D eigenvalue weighted by Gasteiger charge is -2.32. The predicted molar refractivity (Wildman–Crippen MR) is 141 cm³/mol. The second-order valence-corrected chi connectivity index (χ2v) is 10.7. The first-order chi connectivity index (χ1) is 17.3. The summed E-state index contributed by atoms with van der Waals surface area (Å²) in [6.07, 6.45) is 6.36. The number of benzene rings is 1. The Morgan fingerprint density at radius 3 is 2.69 bits per heavy atom. The number of rotatable bonds is 11. The molecule has 1 aliphatic rings. The highest BCUT2D eigenvalue weighted by molar-refractivity contribution is 7.18. The van der Waals surface area contributed by atoms with E-state index in [1.54, 1.807) is 12.1 Å². The van der Waals surface area contributed by atoms with Crippen LogP contribution in [0.2, 0.25) is 5.02 Å². The first kappa shape index (κ1) is 27.6. The Balaban J connectivity index is 1.77. The third kappa shape index (κ3) is 7.77. The van der Waals surface area contributed by atoms with Gasteiger partial charge in [0.2, 0.25) is 11.8 Å². The molecular weight excluding hydrogens is 498 g/mol. The van der Waals surface area contributed by atoms with Gasteiger partial charge in [0.05, 0.1) is 15.2 Å². The van der Waals surface area contributed by atoms with Crippen molar-refractivity contribution in [3.05, 3.63) is 40.4 Å². The summed E-state index contributed by atoms with van der Waals surface area (Å²) in [5.41, 5.74) is 0.614. The topological polar surface area (TPSA) is 124 Å². The summed E-state index contributed by atoms with van der Waals surface area (Å²) in [6.45, 7) is 5.54. The molecule has 1 unspecified atom stereocenters. The van der Waals surface area contributed by atoms with E-state index in [4.69, 9.17) is 16.9 Å². The van der Waals surface area contributed by atoms with Gasteiger partial charge in [-0.05, 0) is 43.4 Å². The quantitative estimate of drug-likeness (QED) is 0.299. The zero-order valence-electron chi connectivity index (χ0n) is 20.4. The average Bonchev–Trinajstić information content (AvgIpc) is 3.27. The third-order valence-corrected chi connectivity index (χ3v) is 7.62. The van der Waals surface area contributed by atoms with Gasteiger partial charge in [0.1, 0.15) is 17.7 Å². The van der Waals surface area contributed by atoms with Crippen LogP contribution in [-0.2, 0) is 20.8 Å². The summed E-state index contributed by atoms with van der Waals surface area (Å²) in [6, 6.07) is 6.05. The van der Waals surface area contributed by atoms with E-state index in [1.807, 2.05) is 19.1 Å². The van der Waals surface area contributed by atoms with Gasteiger partial charge >= 0.3 is 0 Å². The number of carbonyl (C=O) groups is 3. The van der Waals surface area contributed by atoms with E-state index in [1.165, 1.54) is 11.3 Å². The van der Waals surface area contributed by atoms with Gasteiger partial charge in [-0.3, -0.25) is 14.4 Å². The van der Waals surface area contributed by atoms with Crippen LogP contribution in [0.4, 0.5) is 0 Å². The molecule has 1 aliphatic carbocycles. The van der Waals surface area contributed by atoms with Crippen LogP contribution in [0.5, 0.6) is 0 Å². The van der Waals surface area contributed by atoms with Crippen LogP contribution in [-0.4, -0.2) is 41.3 Å². The zero-order valence-corrected chi connectivity index (χ0v) is 22.0. The summed E-state index contributed by atoms with van der Waals surface area (Å²) in [5.74, 6) is -0.876. The number of amides is 3. The molecule has 10 heteroatoms. The zero-order chi connectivity index (χ0) is 26.1. The standard InChI is InChI=1S/C26H32ClN5O3S/c1-3-7-23(33)30-20(13-24-31-19-11-10-18(27)12-22(19)36-24)26(35)32-21(17-8-5-4-6-9-17)15-29-25(34)16(2)14-28/h10-12,17,20-21H,2-9,13,15H2,1H3,(H,29,34)(H,30,33)(H,32,35)/t20-,21?/m0/s1. The maximum absolute atomic E-state index is 13.5. The number of nitrogens with one attached hydrogen (secondary N) is 3. The molecule has 3 rings (SSSR count). The monoisotopic (exact) mass is 529 g/mol. The highest BCUT2D eigenvalue weighted by atomic mass is 35.5. The number of thiazole rings is 1. The molecule has 1 heterocycles. The Kier molecular flexibility index (Phi) is 10.3.